The lowest BCUT2D eigenvalue weighted by atomic mass is 10.5. The maximum atomic E-state index is 11.0. The molecule has 1 rings (SSSR count). The molecule has 0 fully saturated rings. The zero-order chi connectivity index (χ0) is 9.68. The van der Waals surface area contributed by atoms with Gasteiger partial charge in [0, 0.05) is 11.3 Å². The maximum absolute atomic E-state index is 11.0. The summed E-state index contributed by atoms with van der Waals surface area (Å²) >= 11 is 6.82. The monoisotopic (exact) mass is 217 g/mol. The van der Waals surface area contributed by atoms with Crippen molar-refractivity contribution in [2.24, 2.45) is 0 Å². The van der Waals surface area contributed by atoms with E-state index in [0.717, 1.165) is 5.01 Å². The average Bonchev–Trinajstić information content (AvgIpc) is 2.62. The van der Waals surface area contributed by atoms with Crippen molar-refractivity contribution in [3.63, 3.8) is 0 Å². The summed E-state index contributed by atoms with van der Waals surface area (Å²) in [4.78, 5) is 15.0. The molecule has 0 aliphatic heterocycles. The number of alkyl halides is 1. The molecule has 3 nitrogen and oxygen atoms in total. The average molecular weight is 218 g/mol. The van der Waals surface area contributed by atoms with Crippen molar-refractivity contribution in [3.05, 3.63) is 22.2 Å². The van der Waals surface area contributed by atoms with Gasteiger partial charge in [-0.05, 0) is 6.08 Å². The summed E-state index contributed by atoms with van der Waals surface area (Å²) in [5, 5.41) is 2.40. The van der Waals surface area contributed by atoms with Crippen LogP contribution in [0.1, 0.15) is 15.5 Å². The third-order valence-electron chi connectivity index (χ3n) is 1.27. The van der Waals surface area contributed by atoms with Crippen LogP contribution in [0, 0.1) is 0 Å². The largest absolute Gasteiger partial charge is 0.464 e. The lowest BCUT2D eigenvalue weighted by Crippen LogP contribution is -2.00. The first-order chi connectivity index (χ1) is 6.27. The van der Waals surface area contributed by atoms with Gasteiger partial charge in [0.2, 0.25) is 0 Å². The standard InChI is InChI=1S/C8H8ClNO2S/c1-12-8(11)6-5-13-7(10-6)3-2-4-9/h2-3,5H,4H2,1H3. The topological polar surface area (TPSA) is 39.2 Å². The van der Waals surface area contributed by atoms with Gasteiger partial charge in [-0.1, -0.05) is 6.08 Å². The summed E-state index contributed by atoms with van der Waals surface area (Å²) < 4.78 is 4.51. The number of ether oxygens (including phenoxy) is 1. The van der Waals surface area contributed by atoms with Crippen LogP contribution in [0.15, 0.2) is 11.5 Å². The van der Waals surface area contributed by atoms with Crippen LogP contribution in [-0.4, -0.2) is 23.9 Å². The molecule has 0 spiro atoms. The Hall–Kier alpha value is -0.870. The number of carbonyl (C=O) groups is 1. The van der Waals surface area contributed by atoms with Crippen molar-refractivity contribution in [3.8, 4) is 0 Å². The smallest absolute Gasteiger partial charge is 0.357 e. The third-order valence-corrected chi connectivity index (χ3v) is 2.25. The van der Waals surface area contributed by atoms with E-state index >= 15 is 0 Å². The number of nitrogens with zero attached hydrogens (tertiary/aromatic N) is 1. The first-order valence-electron chi connectivity index (χ1n) is 3.54. The van der Waals surface area contributed by atoms with Crippen molar-refractivity contribution in [2.45, 2.75) is 0 Å². The van der Waals surface area contributed by atoms with Crippen molar-refractivity contribution in [1.29, 1.82) is 0 Å². The molecule has 0 saturated carbocycles. The van der Waals surface area contributed by atoms with Gasteiger partial charge in [-0.3, -0.25) is 0 Å². The minimum Gasteiger partial charge on any atom is -0.464 e. The van der Waals surface area contributed by atoms with Gasteiger partial charge in [0.05, 0.1) is 7.11 Å². The molecular weight excluding hydrogens is 210 g/mol. The van der Waals surface area contributed by atoms with Crippen LogP contribution in [0.2, 0.25) is 0 Å². The van der Waals surface area contributed by atoms with Crippen molar-refractivity contribution in [1.82, 2.24) is 4.98 Å². The molecule has 0 atom stereocenters. The molecule has 1 aromatic rings. The highest BCUT2D eigenvalue weighted by atomic mass is 35.5. The van der Waals surface area contributed by atoms with Crippen LogP contribution in [-0.2, 0) is 4.74 Å². The van der Waals surface area contributed by atoms with E-state index in [1.165, 1.54) is 18.4 Å². The van der Waals surface area contributed by atoms with E-state index in [9.17, 15) is 4.79 Å². The molecule has 1 aromatic heterocycles. The Morgan fingerprint density at radius 2 is 2.62 bits per heavy atom. The molecule has 70 valence electrons. The van der Waals surface area contributed by atoms with E-state index in [4.69, 9.17) is 11.6 Å². The van der Waals surface area contributed by atoms with Gasteiger partial charge in [0.25, 0.3) is 0 Å². The highest BCUT2D eigenvalue weighted by molar-refractivity contribution is 7.10. The molecule has 0 aliphatic carbocycles. The predicted molar refractivity (Wildman–Crippen MR) is 53.2 cm³/mol. The summed E-state index contributed by atoms with van der Waals surface area (Å²) in [5.41, 5.74) is 0.335. The zero-order valence-corrected chi connectivity index (χ0v) is 8.56. The van der Waals surface area contributed by atoms with Crippen molar-refractivity contribution >= 4 is 35.0 Å². The molecule has 0 unspecified atom stereocenters. The molecule has 5 heteroatoms. The number of carbonyl (C=O) groups excluding carboxylic acids is 1. The second-order valence-corrected chi connectivity index (χ2v) is 3.32. The lowest BCUT2D eigenvalue weighted by Gasteiger charge is -1.90. The SMILES string of the molecule is COC(=O)c1csc(C=CCCl)n1. The van der Waals surface area contributed by atoms with E-state index in [-0.39, 0.29) is 0 Å². The fourth-order valence-electron chi connectivity index (χ4n) is 0.708. The van der Waals surface area contributed by atoms with Crippen LogP contribution >= 0.6 is 22.9 Å². The van der Waals surface area contributed by atoms with E-state index in [1.807, 2.05) is 0 Å². The quantitative estimate of drug-likeness (QED) is 0.576. The van der Waals surface area contributed by atoms with Crippen LogP contribution in [0.3, 0.4) is 0 Å². The van der Waals surface area contributed by atoms with Crippen LogP contribution in [0.4, 0.5) is 0 Å². The molecule has 0 aliphatic rings. The zero-order valence-electron chi connectivity index (χ0n) is 6.99. The summed E-state index contributed by atoms with van der Waals surface area (Å²) in [5.74, 6) is 0.0226. The molecule has 0 radical (unpaired) electrons. The molecule has 1 heterocycles. The van der Waals surface area contributed by atoms with Gasteiger partial charge in [-0.25, -0.2) is 9.78 Å². The number of esters is 1. The van der Waals surface area contributed by atoms with Gasteiger partial charge in [0.15, 0.2) is 5.69 Å². The Morgan fingerprint density at radius 1 is 1.85 bits per heavy atom. The van der Waals surface area contributed by atoms with Crippen LogP contribution in [0.5, 0.6) is 0 Å². The maximum Gasteiger partial charge on any atom is 0.357 e. The predicted octanol–water partition coefficient (Wildman–Crippen LogP) is 2.18. The normalized spacial score (nSPS) is 10.6. The Bertz CT molecular complexity index is 322. The van der Waals surface area contributed by atoms with Gasteiger partial charge in [-0.15, -0.1) is 22.9 Å². The molecule has 0 amide bonds. The summed E-state index contributed by atoms with van der Waals surface area (Å²) in [6.07, 6.45) is 3.53. The molecule has 13 heavy (non-hydrogen) atoms. The molecule has 0 N–H and O–H groups in total. The Labute approximate surface area is 85.0 Å². The Kier molecular flexibility index (Phi) is 3.92. The number of rotatable bonds is 3. The van der Waals surface area contributed by atoms with E-state index in [1.54, 1.807) is 17.5 Å². The van der Waals surface area contributed by atoms with E-state index in [2.05, 4.69) is 9.72 Å². The number of aromatic nitrogens is 1. The summed E-state index contributed by atoms with van der Waals surface area (Å²) in [7, 11) is 1.33. The Balaban J connectivity index is 2.74. The van der Waals surface area contributed by atoms with Gasteiger partial charge >= 0.3 is 5.97 Å². The minimum absolute atomic E-state index is 0.335. The second kappa shape index (κ2) is 4.99. The fraction of sp³-hybridized carbons (Fsp3) is 0.250. The number of halogens is 1. The number of methoxy groups -OCH3 is 1. The fourth-order valence-corrected chi connectivity index (χ4v) is 1.50. The first-order valence-corrected chi connectivity index (χ1v) is 4.95. The van der Waals surface area contributed by atoms with Crippen molar-refractivity contribution in [2.75, 3.05) is 13.0 Å². The first kappa shape index (κ1) is 10.2. The number of allylic oxidation sites excluding steroid dienone is 1. The van der Waals surface area contributed by atoms with Gasteiger partial charge in [-0.2, -0.15) is 0 Å². The number of hydrogen-bond acceptors (Lipinski definition) is 4. The van der Waals surface area contributed by atoms with Crippen molar-refractivity contribution < 1.29 is 9.53 Å². The highest BCUT2D eigenvalue weighted by Crippen LogP contribution is 2.12. The molecule has 0 saturated heterocycles. The van der Waals surface area contributed by atoms with E-state index in [0.29, 0.717) is 11.6 Å². The minimum atomic E-state index is -0.415. The number of hydrogen-bond donors (Lipinski definition) is 0. The number of thiazole rings is 1. The molecule has 0 aromatic carbocycles. The van der Waals surface area contributed by atoms with Gasteiger partial charge in [0.1, 0.15) is 5.01 Å². The molecular formula is C8H8ClNO2S. The lowest BCUT2D eigenvalue weighted by molar-refractivity contribution is 0.0595. The van der Waals surface area contributed by atoms with Crippen LogP contribution in [0.25, 0.3) is 6.08 Å². The highest BCUT2D eigenvalue weighted by Gasteiger charge is 2.08. The van der Waals surface area contributed by atoms with Crippen LogP contribution < -0.4 is 0 Å². The molecule has 0 bridgehead atoms. The Morgan fingerprint density at radius 3 is 3.23 bits per heavy atom. The summed E-state index contributed by atoms with van der Waals surface area (Å²) in [6.45, 7) is 0. The van der Waals surface area contributed by atoms with Gasteiger partial charge < -0.3 is 4.74 Å². The van der Waals surface area contributed by atoms with E-state index < -0.39 is 5.97 Å². The summed E-state index contributed by atoms with van der Waals surface area (Å²) in [6, 6.07) is 0. The third kappa shape index (κ3) is 2.82. The second-order valence-electron chi connectivity index (χ2n) is 2.12.